The Balaban J connectivity index is 1.55. The molecule has 152 valence electrons. The zero-order valence-electron chi connectivity index (χ0n) is 16.8. The van der Waals surface area contributed by atoms with Gasteiger partial charge in [0.25, 0.3) is 0 Å². The number of hydrogen-bond donors (Lipinski definition) is 1. The van der Waals surface area contributed by atoms with Crippen LogP contribution in [0.2, 0.25) is 0 Å². The number of fused-ring (bicyclic) bond motifs is 3. The number of likely N-dealkylation sites (N-methyl/N-ethyl adjacent to an activating group) is 1. The first-order chi connectivity index (χ1) is 14.5. The van der Waals surface area contributed by atoms with Gasteiger partial charge in [-0.05, 0) is 40.8 Å². The van der Waals surface area contributed by atoms with Gasteiger partial charge in [0.2, 0.25) is 0 Å². The van der Waals surface area contributed by atoms with Crippen LogP contribution in [0.15, 0.2) is 67.0 Å². The maximum atomic E-state index is 12.8. The van der Waals surface area contributed by atoms with Crippen LogP contribution in [0.5, 0.6) is 0 Å². The summed E-state index contributed by atoms with van der Waals surface area (Å²) in [7, 11) is 1.43. The summed E-state index contributed by atoms with van der Waals surface area (Å²) in [4.78, 5) is 29.8. The van der Waals surface area contributed by atoms with Crippen molar-refractivity contribution in [3.63, 3.8) is 0 Å². The number of aliphatic carboxylic acids is 1. The maximum Gasteiger partial charge on any atom is 0.410 e. The average molecular weight is 402 g/mol. The van der Waals surface area contributed by atoms with Crippen LogP contribution in [0.25, 0.3) is 11.1 Å². The van der Waals surface area contributed by atoms with Crippen molar-refractivity contribution in [2.75, 3.05) is 13.7 Å². The maximum absolute atomic E-state index is 12.8. The lowest BCUT2D eigenvalue weighted by Gasteiger charge is -2.26. The summed E-state index contributed by atoms with van der Waals surface area (Å²) in [6.07, 6.45) is 2.37. The third-order valence-electron chi connectivity index (χ3n) is 5.62. The first kappa shape index (κ1) is 19.6. The van der Waals surface area contributed by atoms with Crippen molar-refractivity contribution >= 4 is 12.1 Å². The number of carboxylic acid groups (broad SMARTS) is 1. The molecule has 0 saturated carbocycles. The predicted octanol–water partition coefficient (Wildman–Crippen LogP) is 4.40. The van der Waals surface area contributed by atoms with E-state index in [1.165, 1.54) is 13.2 Å². The molecule has 0 spiro atoms. The molecule has 6 heteroatoms. The smallest absolute Gasteiger partial charge is 0.410 e. The molecule has 0 radical (unpaired) electrons. The van der Waals surface area contributed by atoms with Crippen molar-refractivity contribution in [3.8, 4) is 11.1 Å². The molecule has 4 rings (SSSR count). The summed E-state index contributed by atoms with van der Waals surface area (Å²) in [6.45, 7) is 1.92. The molecule has 0 aliphatic heterocycles. The molecule has 1 unspecified atom stereocenters. The van der Waals surface area contributed by atoms with Gasteiger partial charge in [-0.3, -0.25) is 9.88 Å². The lowest BCUT2D eigenvalue weighted by Crippen LogP contribution is -2.37. The second kappa shape index (κ2) is 7.99. The summed E-state index contributed by atoms with van der Waals surface area (Å²) < 4.78 is 5.60. The molecule has 3 aromatic rings. The van der Waals surface area contributed by atoms with Crippen LogP contribution in [0, 0.1) is 6.92 Å². The van der Waals surface area contributed by atoms with Gasteiger partial charge in [0.15, 0.2) is 6.04 Å². The second-order valence-corrected chi connectivity index (χ2v) is 7.39. The predicted molar refractivity (Wildman–Crippen MR) is 112 cm³/mol. The van der Waals surface area contributed by atoms with Crippen molar-refractivity contribution in [3.05, 3.63) is 89.2 Å². The molecule has 0 bridgehead atoms. The minimum Gasteiger partial charge on any atom is -0.479 e. The first-order valence-electron chi connectivity index (χ1n) is 9.70. The number of pyridine rings is 1. The van der Waals surface area contributed by atoms with Gasteiger partial charge in [-0.25, -0.2) is 9.59 Å². The number of carbonyl (C=O) groups excluding carboxylic acids is 1. The lowest BCUT2D eigenvalue weighted by atomic mass is 9.98. The highest BCUT2D eigenvalue weighted by molar-refractivity contribution is 5.82. The Labute approximate surface area is 174 Å². The van der Waals surface area contributed by atoms with E-state index in [0.29, 0.717) is 5.56 Å². The number of carboxylic acids is 1. The number of ether oxygens (including phenoxy) is 1. The fraction of sp³-hybridized carbons (Fsp3) is 0.208. The third-order valence-corrected chi connectivity index (χ3v) is 5.62. The van der Waals surface area contributed by atoms with Crippen LogP contribution in [0.4, 0.5) is 4.79 Å². The Kier molecular flexibility index (Phi) is 5.23. The van der Waals surface area contributed by atoms with Crippen LogP contribution < -0.4 is 0 Å². The number of rotatable bonds is 5. The highest BCUT2D eigenvalue weighted by Crippen LogP contribution is 2.44. The Bertz CT molecular complexity index is 1070. The van der Waals surface area contributed by atoms with E-state index in [1.54, 1.807) is 19.2 Å². The van der Waals surface area contributed by atoms with Crippen molar-refractivity contribution in [2.24, 2.45) is 0 Å². The summed E-state index contributed by atoms with van der Waals surface area (Å²) in [5.41, 5.74) is 5.68. The number of aryl methyl sites for hydroxylation is 1. The number of carbonyl (C=O) groups is 2. The minimum absolute atomic E-state index is 0.0850. The molecule has 1 amide bonds. The Morgan fingerprint density at radius 3 is 2.23 bits per heavy atom. The Morgan fingerprint density at radius 1 is 1.07 bits per heavy atom. The van der Waals surface area contributed by atoms with E-state index in [1.807, 2.05) is 36.4 Å². The van der Waals surface area contributed by atoms with Gasteiger partial charge >= 0.3 is 12.1 Å². The molecule has 30 heavy (non-hydrogen) atoms. The molecule has 6 nitrogen and oxygen atoms in total. The largest absolute Gasteiger partial charge is 0.479 e. The molecular weight excluding hydrogens is 380 g/mol. The number of nitrogens with zero attached hydrogens (tertiary/aromatic N) is 2. The molecule has 2 aromatic carbocycles. The topological polar surface area (TPSA) is 79.7 Å². The van der Waals surface area contributed by atoms with Crippen LogP contribution >= 0.6 is 0 Å². The fourth-order valence-electron chi connectivity index (χ4n) is 4.07. The lowest BCUT2D eigenvalue weighted by molar-refractivity contribution is -0.142. The minimum atomic E-state index is -1.17. The number of aromatic nitrogens is 1. The molecule has 1 aliphatic rings. The molecule has 1 N–H and O–H groups in total. The van der Waals surface area contributed by atoms with E-state index in [-0.39, 0.29) is 12.5 Å². The van der Waals surface area contributed by atoms with E-state index < -0.39 is 18.1 Å². The van der Waals surface area contributed by atoms with Crippen molar-refractivity contribution in [1.29, 1.82) is 0 Å². The van der Waals surface area contributed by atoms with Gasteiger partial charge in [-0.1, -0.05) is 48.5 Å². The standard InChI is InChI=1S/C24H22N2O4/c1-15-11-12-25-13-20(15)22(23(27)28)26(2)24(29)30-14-21-18-9-5-3-7-16(18)17-8-4-6-10-19(17)21/h3-13,21-22H,14H2,1-2H3,(H,27,28). The summed E-state index contributed by atoms with van der Waals surface area (Å²) in [5.74, 6) is -1.22. The molecule has 1 atom stereocenters. The van der Waals surface area contributed by atoms with E-state index in [0.717, 1.165) is 32.7 Å². The molecule has 0 saturated heterocycles. The normalized spacial score (nSPS) is 13.3. The van der Waals surface area contributed by atoms with Gasteiger partial charge in [0, 0.05) is 30.9 Å². The number of amides is 1. The molecule has 1 heterocycles. The molecule has 0 fully saturated rings. The second-order valence-electron chi connectivity index (χ2n) is 7.39. The highest BCUT2D eigenvalue weighted by Gasteiger charge is 2.33. The number of benzene rings is 2. The van der Waals surface area contributed by atoms with E-state index in [9.17, 15) is 14.7 Å². The third kappa shape index (κ3) is 3.41. The van der Waals surface area contributed by atoms with Crippen molar-refractivity contribution < 1.29 is 19.4 Å². The quantitative estimate of drug-likeness (QED) is 0.684. The van der Waals surface area contributed by atoms with E-state index in [2.05, 4.69) is 17.1 Å². The summed E-state index contributed by atoms with van der Waals surface area (Å²) in [5, 5.41) is 9.73. The Hall–Kier alpha value is -3.67. The van der Waals surface area contributed by atoms with Crippen molar-refractivity contribution in [1.82, 2.24) is 9.88 Å². The zero-order chi connectivity index (χ0) is 21.3. The van der Waals surface area contributed by atoms with Gasteiger partial charge in [0.05, 0.1) is 0 Å². The zero-order valence-corrected chi connectivity index (χ0v) is 16.8. The first-order valence-corrected chi connectivity index (χ1v) is 9.70. The van der Waals surface area contributed by atoms with E-state index >= 15 is 0 Å². The molecular formula is C24H22N2O4. The molecule has 1 aliphatic carbocycles. The SMILES string of the molecule is Cc1ccncc1C(C(=O)O)N(C)C(=O)OCC1c2ccccc2-c2ccccc21. The van der Waals surface area contributed by atoms with Crippen molar-refractivity contribution in [2.45, 2.75) is 18.9 Å². The summed E-state index contributed by atoms with van der Waals surface area (Å²) >= 11 is 0. The monoisotopic (exact) mass is 402 g/mol. The Morgan fingerprint density at radius 2 is 1.67 bits per heavy atom. The van der Waals surface area contributed by atoms with Gasteiger partial charge < -0.3 is 9.84 Å². The van der Waals surface area contributed by atoms with Gasteiger partial charge in [-0.2, -0.15) is 0 Å². The number of hydrogen-bond acceptors (Lipinski definition) is 4. The van der Waals surface area contributed by atoms with E-state index in [4.69, 9.17) is 4.74 Å². The summed E-state index contributed by atoms with van der Waals surface area (Å²) in [6, 6.07) is 16.7. The molecule has 1 aromatic heterocycles. The van der Waals surface area contributed by atoms with Crippen LogP contribution in [-0.4, -0.2) is 40.7 Å². The van der Waals surface area contributed by atoms with Gasteiger partial charge in [0.1, 0.15) is 6.61 Å². The highest BCUT2D eigenvalue weighted by atomic mass is 16.6. The fourth-order valence-corrected chi connectivity index (χ4v) is 4.07. The van der Waals surface area contributed by atoms with Crippen LogP contribution in [0.1, 0.15) is 34.2 Å². The van der Waals surface area contributed by atoms with Gasteiger partial charge in [-0.15, -0.1) is 0 Å². The average Bonchev–Trinajstić information content (AvgIpc) is 3.07. The van der Waals surface area contributed by atoms with Crippen LogP contribution in [-0.2, 0) is 9.53 Å². The van der Waals surface area contributed by atoms with Crippen LogP contribution in [0.3, 0.4) is 0 Å².